The molecule has 0 aliphatic carbocycles. The van der Waals surface area contributed by atoms with Crippen molar-refractivity contribution in [3.63, 3.8) is 0 Å². The van der Waals surface area contributed by atoms with E-state index >= 15 is 0 Å². The zero-order valence-electron chi connectivity index (χ0n) is 10.0. The maximum atomic E-state index is 3.57. The number of hydrogen-bond donors (Lipinski definition) is 1. The molecule has 1 aromatic carbocycles. The zero-order valence-corrected chi connectivity index (χ0v) is 12.4. The van der Waals surface area contributed by atoms with Gasteiger partial charge in [0.25, 0.3) is 0 Å². The van der Waals surface area contributed by atoms with Crippen molar-refractivity contribution in [2.45, 2.75) is 26.3 Å². The van der Waals surface area contributed by atoms with E-state index in [1.807, 2.05) is 0 Å². The van der Waals surface area contributed by atoms with Crippen LogP contribution >= 0.6 is 27.3 Å². The first-order valence-electron chi connectivity index (χ1n) is 5.79. The molecule has 1 N–H and O–H groups in total. The number of anilines is 1. The van der Waals surface area contributed by atoms with Crippen LogP contribution in [0.1, 0.15) is 30.3 Å². The number of halogens is 1. The molecule has 0 amide bonds. The van der Waals surface area contributed by atoms with Crippen LogP contribution in [-0.4, -0.2) is 0 Å². The van der Waals surface area contributed by atoms with Gasteiger partial charge in [-0.3, -0.25) is 0 Å². The van der Waals surface area contributed by atoms with Crippen molar-refractivity contribution in [2.75, 3.05) is 5.32 Å². The molecule has 3 heteroatoms. The Bertz CT molecular complexity index is 475. The van der Waals surface area contributed by atoms with E-state index in [1.54, 1.807) is 11.3 Å². The number of rotatable bonds is 4. The Morgan fingerprint density at radius 3 is 2.47 bits per heavy atom. The summed E-state index contributed by atoms with van der Waals surface area (Å²) in [6, 6.07) is 11.1. The Labute approximate surface area is 115 Å². The van der Waals surface area contributed by atoms with Gasteiger partial charge in [-0.05, 0) is 58.4 Å². The van der Waals surface area contributed by atoms with Crippen LogP contribution in [0, 0.1) is 0 Å². The Kier molecular flexibility index (Phi) is 4.24. The van der Waals surface area contributed by atoms with Crippen molar-refractivity contribution < 1.29 is 0 Å². The Balaban J connectivity index is 2.07. The highest BCUT2D eigenvalue weighted by Crippen LogP contribution is 2.30. The van der Waals surface area contributed by atoms with Gasteiger partial charge in [0.05, 0.1) is 6.04 Å². The molecule has 1 heterocycles. The van der Waals surface area contributed by atoms with Crippen LogP contribution < -0.4 is 5.32 Å². The predicted octanol–water partition coefficient (Wildman–Crippen LogP) is 5.25. The fourth-order valence-corrected chi connectivity index (χ4v) is 3.49. The SMILES string of the molecule is CCc1ccc(NC(C)c2sccc2Br)cc1. The second kappa shape index (κ2) is 5.69. The number of hydrogen-bond acceptors (Lipinski definition) is 2. The first kappa shape index (κ1) is 12.7. The third-order valence-electron chi connectivity index (χ3n) is 2.78. The monoisotopic (exact) mass is 309 g/mol. The topological polar surface area (TPSA) is 12.0 Å². The van der Waals surface area contributed by atoms with Gasteiger partial charge in [0.15, 0.2) is 0 Å². The molecule has 1 nitrogen and oxygen atoms in total. The Hall–Kier alpha value is -0.800. The molecule has 2 aromatic rings. The lowest BCUT2D eigenvalue weighted by atomic mass is 10.1. The summed E-state index contributed by atoms with van der Waals surface area (Å²) in [5.74, 6) is 0. The average molecular weight is 310 g/mol. The van der Waals surface area contributed by atoms with Crippen molar-refractivity contribution in [3.05, 3.63) is 50.6 Å². The second-order valence-corrected chi connectivity index (χ2v) is 5.85. The summed E-state index contributed by atoms with van der Waals surface area (Å²) in [6.45, 7) is 4.36. The summed E-state index contributed by atoms with van der Waals surface area (Å²) in [7, 11) is 0. The van der Waals surface area contributed by atoms with Crippen LogP contribution in [0.2, 0.25) is 0 Å². The van der Waals surface area contributed by atoms with Gasteiger partial charge in [0, 0.05) is 15.0 Å². The van der Waals surface area contributed by atoms with Crippen LogP contribution in [0.25, 0.3) is 0 Å². The molecule has 1 atom stereocenters. The predicted molar refractivity (Wildman–Crippen MR) is 79.9 cm³/mol. The summed E-state index contributed by atoms with van der Waals surface area (Å²) in [5.41, 5.74) is 2.55. The van der Waals surface area contributed by atoms with Crippen LogP contribution in [0.5, 0.6) is 0 Å². The van der Waals surface area contributed by atoms with Crippen molar-refractivity contribution in [1.82, 2.24) is 0 Å². The van der Waals surface area contributed by atoms with Gasteiger partial charge in [0.1, 0.15) is 0 Å². The largest absolute Gasteiger partial charge is 0.378 e. The van der Waals surface area contributed by atoms with E-state index in [-0.39, 0.29) is 0 Å². The van der Waals surface area contributed by atoms with Crippen LogP contribution in [0.15, 0.2) is 40.2 Å². The summed E-state index contributed by atoms with van der Waals surface area (Å²) in [5, 5.41) is 5.63. The minimum absolute atomic E-state index is 0.330. The lowest BCUT2D eigenvalue weighted by Gasteiger charge is -2.14. The highest BCUT2D eigenvalue weighted by Gasteiger charge is 2.10. The molecule has 0 spiro atoms. The standard InChI is InChI=1S/C14H16BrNS/c1-3-11-4-6-12(7-5-11)16-10(2)14-13(15)8-9-17-14/h4-10,16H,3H2,1-2H3. The molecule has 0 bridgehead atoms. The molecule has 17 heavy (non-hydrogen) atoms. The fourth-order valence-electron chi connectivity index (χ4n) is 1.77. The minimum Gasteiger partial charge on any atom is -0.378 e. The lowest BCUT2D eigenvalue weighted by molar-refractivity contribution is 0.903. The summed E-state index contributed by atoms with van der Waals surface area (Å²) in [4.78, 5) is 1.34. The zero-order chi connectivity index (χ0) is 12.3. The van der Waals surface area contributed by atoms with Gasteiger partial charge in [-0.1, -0.05) is 19.1 Å². The number of thiophene rings is 1. The van der Waals surface area contributed by atoms with Crippen molar-refractivity contribution in [1.29, 1.82) is 0 Å². The van der Waals surface area contributed by atoms with E-state index in [0.29, 0.717) is 6.04 Å². The van der Waals surface area contributed by atoms with Gasteiger partial charge in [-0.2, -0.15) is 0 Å². The van der Waals surface area contributed by atoms with Gasteiger partial charge in [-0.15, -0.1) is 11.3 Å². The van der Waals surface area contributed by atoms with Crippen molar-refractivity contribution in [2.24, 2.45) is 0 Å². The molecule has 0 fully saturated rings. The van der Waals surface area contributed by atoms with Crippen molar-refractivity contribution >= 4 is 33.0 Å². The van der Waals surface area contributed by atoms with Crippen LogP contribution in [0.4, 0.5) is 5.69 Å². The first-order chi connectivity index (χ1) is 8.20. The van der Waals surface area contributed by atoms with E-state index in [1.165, 1.54) is 20.6 Å². The third kappa shape index (κ3) is 3.11. The molecular formula is C14H16BrNS. The van der Waals surface area contributed by atoms with Gasteiger partial charge >= 0.3 is 0 Å². The Morgan fingerprint density at radius 2 is 1.94 bits per heavy atom. The van der Waals surface area contributed by atoms with Gasteiger partial charge < -0.3 is 5.32 Å². The van der Waals surface area contributed by atoms with Crippen LogP contribution in [-0.2, 0) is 6.42 Å². The van der Waals surface area contributed by atoms with Crippen molar-refractivity contribution in [3.8, 4) is 0 Å². The molecule has 0 saturated heterocycles. The molecule has 1 aromatic heterocycles. The molecule has 90 valence electrons. The van der Waals surface area contributed by atoms with E-state index < -0.39 is 0 Å². The molecule has 0 aliphatic heterocycles. The Morgan fingerprint density at radius 1 is 1.24 bits per heavy atom. The van der Waals surface area contributed by atoms with E-state index in [4.69, 9.17) is 0 Å². The van der Waals surface area contributed by atoms with Crippen LogP contribution in [0.3, 0.4) is 0 Å². The molecule has 1 unspecified atom stereocenters. The second-order valence-electron chi connectivity index (χ2n) is 4.05. The number of nitrogens with one attached hydrogen (secondary N) is 1. The van der Waals surface area contributed by atoms with Gasteiger partial charge in [0.2, 0.25) is 0 Å². The maximum absolute atomic E-state index is 3.57. The summed E-state index contributed by atoms with van der Waals surface area (Å²) >= 11 is 5.35. The first-order valence-corrected chi connectivity index (χ1v) is 7.46. The molecule has 0 aliphatic rings. The van der Waals surface area contributed by atoms with Gasteiger partial charge in [-0.25, -0.2) is 0 Å². The summed E-state index contributed by atoms with van der Waals surface area (Å²) < 4.78 is 1.19. The minimum atomic E-state index is 0.330. The third-order valence-corrected chi connectivity index (χ3v) is 4.84. The normalized spacial score (nSPS) is 12.4. The highest BCUT2D eigenvalue weighted by molar-refractivity contribution is 9.10. The average Bonchev–Trinajstić information content (AvgIpc) is 2.76. The summed E-state index contributed by atoms with van der Waals surface area (Å²) in [6.07, 6.45) is 1.09. The van der Waals surface area contributed by atoms with E-state index in [0.717, 1.165) is 6.42 Å². The van der Waals surface area contributed by atoms with E-state index in [2.05, 4.69) is 70.8 Å². The number of aryl methyl sites for hydroxylation is 1. The molecule has 0 saturated carbocycles. The number of benzene rings is 1. The maximum Gasteiger partial charge on any atom is 0.0589 e. The quantitative estimate of drug-likeness (QED) is 0.813. The molecule has 2 rings (SSSR count). The van der Waals surface area contributed by atoms with E-state index in [9.17, 15) is 0 Å². The highest BCUT2D eigenvalue weighted by atomic mass is 79.9. The lowest BCUT2D eigenvalue weighted by Crippen LogP contribution is -2.05. The fraction of sp³-hybridized carbons (Fsp3) is 0.286. The molecular weight excluding hydrogens is 294 g/mol. The molecule has 0 radical (unpaired) electrons. The smallest absolute Gasteiger partial charge is 0.0589 e.